The molecule has 1 N–H and O–H groups in total. The number of nitrogens with zero attached hydrogens (tertiary/aromatic N) is 1. The average molecular weight is 546 g/mol. The number of ether oxygens (including phenoxy) is 2. The first-order valence-electron chi connectivity index (χ1n) is 14.3. The molecule has 0 saturated heterocycles. The fourth-order valence-electron chi connectivity index (χ4n) is 6.45. The molecule has 4 nitrogen and oxygen atoms in total. The van der Waals surface area contributed by atoms with Crippen LogP contribution in [0.1, 0.15) is 84.3 Å². The Kier molecular flexibility index (Phi) is 12.6. The van der Waals surface area contributed by atoms with E-state index in [0.717, 1.165) is 23.2 Å². The quantitative estimate of drug-likeness (QED) is 0.304. The number of likely N-dealkylation sites (N-methyl/N-ethyl adjacent to an activating group) is 1. The highest BCUT2D eigenvalue weighted by atomic mass is 35.5. The predicted octanol–water partition coefficient (Wildman–Crippen LogP) is 4.14. The molecule has 0 bridgehead atoms. The van der Waals surface area contributed by atoms with Crippen molar-refractivity contribution in [2.75, 3.05) is 33.4 Å². The van der Waals surface area contributed by atoms with Gasteiger partial charge in [-0.05, 0) is 60.6 Å². The summed E-state index contributed by atoms with van der Waals surface area (Å²) in [6.07, 6.45) is 7.07. The van der Waals surface area contributed by atoms with E-state index in [1.165, 1.54) is 43.2 Å². The summed E-state index contributed by atoms with van der Waals surface area (Å²) < 4.78 is 12.6. The standard InChI is InChI=1S/C33H52NO3.ClH/c1-32(2,3)26-33(4,5)28-17-19-31(20-18-28)37-22-21-36-25-30(35)24-34(6,29-15-11-8-12-16-29)23-27-13-9-7-10-14-27;/h7,9-10,13-14,17-20,29-30,35H,8,11-12,15-16,21-26H2,1-6H3;1H/q+1;/p-1. The molecule has 0 aromatic heterocycles. The molecule has 214 valence electrons. The Bertz CT molecular complexity index is 920. The minimum Gasteiger partial charge on any atom is -1.00 e. The van der Waals surface area contributed by atoms with Crippen LogP contribution in [0.15, 0.2) is 54.6 Å². The van der Waals surface area contributed by atoms with Gasteiger partial charge in [-0.2, -0.15) is 0 Å². The lowest BCUT2D eigenvalue weighted by molar-refractivity contribution is -0.950. The molecule has 2 aromatic rings. The van der Waals surface area contributed by atoms with Crippen molar-refractivity contribution >= 4 is 0 Å². The van der Waals surface area contributed by atoms with Crippen LogP contribution in [0.5, 0.6) is 5.75 Å². The smallest absolute Gasteiger partial charge is 0.126 e. The van der Waals surface area contributed by atoms with Gasteiger partial charge < -0.3 is 31.5 Å². The maximum Gasteiger partial charge on any atom is 0.126 e. The zero-order valence-corrected chi connectivity index (χ0v) is 25.5. The van der Waals surface area contributed by atoms with E-state index in [1.807, 2.05) is 0 Å². The number of benzene rings is 2. The second kappa shape index (κ2) is 14.7. The van der Waals surface area contributed by atoms with Crippen LogP contribution < -0.4 is 17.1 Å². The molecule has 0 spiro atoms. The Labute approximate surface area is 238 Å². The van der Waals surface area contributed by atoms with Crippen molar-refractivity contribution < 1.29 is 31.5 Å². The van der Waals surface area contributed by atoms with E-state index in [1.54, 1.807) is 0 Å². The van der Waals surface area contributed by atoms with Crippen LogP contribution >= 0.6 is 0 Å². The Morgan fingerprint density at radius 3 is 2.13 bits per heavy atom. The molecule has 2 aromatic carbocycles. The molecule has 0 aliphatic heterocycles. The lowest BCUT2D eigenvalue weighted by Gasteiger charge is -2.44. The van der Waals surface area contributed by atoms with Gasteiger partial charge in [-0.15, -0.1) is 0 Å². The van der Waals surface area contributed by atoms with Crippen molar-refractivity contribution in [3.63, 3.8) is 0 Å². The van der Waals surface area contributed by atoms with Crippen LogP contribution in [0.25, 0.3) is 0 Å². The monoisotopic (exact) mass is 545 g/mol. The van der Waals surface area contributed by atoms with Crippen molar-refractivity contribution in [3.8, 4) is 5.75 Å². The number of halogens is 1. The van der Waals surface area contributed by atoms with E-state index in [-0.39, 0.29) is 23.2 Å². The van der Waals surface area contributed by atoms with Gasteiger partial charge in [0.25, 0.3) is 0 Å². The van der Waals surface area contributed by atoms with E-state index in [2.05, 4.69) is 96.3 Å². The molecule has 1 fully saturated rings. The summed E-state index contributed by atoms with van der Waals surface area (Å²) in [5.41, 5.74) is 3.09. The SMILES string of the molecule is CC(C)(C)CC(C)(C)c1ccc(OCCOCC(O)C[N+](C)(Cc2ccccc2)C2CCCCC2)cc1.[Cl-]. The normalized spacial score (nSPS) is 17.3. The summed E-state index contributed by atoms with van der Waals surface area (Å²) in [5.74, 6) is 0.865. The van der Waals surface area contributed by atoms with E-state index >= 15 is 0 Å². The zero-order chi connectivity index (χ0) is 26.9. The summed E-state index contributed by atoms with van der Waals surface area (Å²) >= 11 is 0. The van der Waals surface area contributed by atoms with Gasteiger partial charge in [-0.25, -0.2) is 0 Å². The third-order valence-electron chi connectivity index (χ3n) is 7.89. The molecule has 1 saturated carbocycles. The molecule has 0 heterocycles. The second-order valence-electron chi connectivity index (χ2n) is 13.3. The topological polar surface area (TPSA) is 38.7 Å². The van der Waals surface area contributed by atoms with Gasteiger partial charge in [0.1, 0.15) is 31.5 Å². The van der Waals surface area contributed by atoms with Crippen molar-refractivity contribution in [2.45, 2.75) is 97.2 Å². The van der Waals surface area contributed by atoms with E-state index in [4.69, 9.17) is 9.47 Å². The lowest BCUT2D eigenvalue weighted by atomic mass is 9.72. The highest BCUT2D eigenvalue weighted by molar-refractivity contribution is 5.31. The largest absolute Gasteiger partial charge is 1.00 e. The zero-order valence-electron chi connectivity index (χ0n) is 24.7. The van der Waals surface area contributed by atoms with Gasteiger partial charge in [-0.3, -0.25) is 0 Å². The Morgan fingerprint density at radius 2 is 1.53 bits per heavy atom. The minimum absolute atomic E-state index is 0. The molecule has 2 atom stereocenters. The number of hydrogen-bond acceptors (Lipinski definition) is 3. The number of aliphatic hydroxyl groups is 1. The van der Waals surface area contributed by atoms with Gasteiger partial charge in [0, 0.05) is 5.56 Å². The van der Waals surface area contributed by atoms with Crippen molar-refractivity contribution in [3.05, 3.63) is 65.7 Å². The number of rotatable bonds is 13. The molecule has 2 unspecified atom stereocenters. The molecular formula is C33H52ClNO3. The molecule has 3 rings (SSSR count). The van der Waals surface area contributed by atoms with Crippen LogP contribution in [0.4, 0.5) is 0 Å². The Morgan fingerprint density at radius 1 is 0.895 bits per heavy atom. The summed E-state index contributed by atoms with van der Waals surface area (Å²) in [6.45, 7) is 14.5. The first kappa shape index (κ1) is 32.6. The fraction of sp³-hybridized carbons (Fsp3) is 0.636. The Hall–Kier alpha value is -1.59. The molecule has 5 heteroatoms. The maximum absolute atomic E-state index is 10.9. The highest BCUT2D eigenvalue weighted by Gasteiger charge is 2.36. The first-order chi connectivity index (χ1) is 17.5. The van der Waals surface area contributed by atoms with Crippen molar-refractivity contribution in [2.24, 2.45) is 5.41 Å². The van der Waals surface area contributed by atoms with Crippen LogP contribution in [0.3, 0.4) is 0 Å². The van der Waals surface area contributed by atoms with E-state index in [0.29, 0.717) is 32.4 Å². The maximum atomic E-state index is 10.9. The van der Waals surface area contributed by atoms with Crippen molar-refractivity contribution in [1.29, 1.82) is 0 Å². The molecule has 38 heavy (non-hydrogen) atoms. The number of quaternary nitrogens is 1. The number of aliphatic hydroxyl groups excluding tert-OH is 1. The third kappa shape index (κ3) is 10.5. The number of hydrogen-bond donors (Lipinski definition) is 1. The van der Waals surface area contributed by atoms with Crippen molar-refractivity contribution in [1.82, 2.24) is 0 Å². The predicted molar refractivity (Wildman–Crippen MR) is 154 cm³/mol. The van der Waals surface area contributed by atoms with Gasteiger partial charge in [0.15, 0.2) is 0 Å². The van der Waals surface area contributed by atoms with Crippen LogP contribution in [-0.2, 0) is 16.7 Å². The average Bonchev–Trinajstić information content (AvgIpc) is 2.84. The van der Waals surface area contributed by atoms with Crippen LogP contribution in [0.2, 0.25) is 0 Å². The molecular weight excluding hydrogens is 494 g/mol. The van der Waals surface area contributed by atoms with Gasteiger partial charge in [0.05, 0.1) is 26.3 Å². The molecule has 1 aliphatic carbocycles. The Balaban J connectivity index is 0.00000507. The van der Waals surface area contributed by atoms with Gasteiger partial charge in [-0.1, -0.05) is 83.5 Å². The highest BCUT2D eigenvalue weighted by Crippen LogP contribution is 2.36. The fourth-order valence-corrected chi connectivity index (χ4v) is 6.45. The molecule has 0 radical (unpaired) electrons. The molecule has 0 amide bonds. The van der Waals surface area contributed by atoms with Gasteiger partial charge in [0.2, 0.25) is 0 Å². The summed E-state index contributed by atoms with van der Waals surface area (Å²) in [4.78, 5) is 0. The van der Waals surface area contributed by atoms with Crippen LogP contribution in [0, 0.1) is 5.41 Å². The van der Waals surface area contributed by atoms with Gasteiger partial charge >= 0.3 is 0 Å². The summed E-state index contributed by atoms with van der Waals surface area (Å²) in [5, 5.41) is 10.9. The van der Waals surface area contributed by atoms with Crippen LogP contribution in [-0.4, -0.2) is 55.1 Å². The third-order valence-corrected chi connectivity index (χ3v) is 7.89. The lowest BCUT2D eigenvalue weighted by Crippen LogP contribution is -3.00. The first-order valence-corrected chi connectivity index (χ1v) is 14.3. The summed E-state index contributed by atoms with van der Waals surface area (Å²) in [7, 11) is 2.32. The molecule has 1 aliphatic rings. The summed E-state index contributed by atoms with van der Waals surface area (Å²) in [6, 6.07) is 19.8. The van der Waals surface area contributed by atoms with E-state index < -0.39 is 6.10 Å². The van der Waals surface area contributed by atoms with E-state index in [9.17, 15) is 5.11 Å². The second-order valence-corrected chi connectivity index (χ2v) is 13.3. The minimum atomic E-state index is -0.486.